The number of nitrogens with zero attached hydrogens (tertiary/aromatic N) is 3. The van der Waals surface area contributed by atoms with Gasteiger partial charge in [-0.1, -0.05) is 41.4 Å². The third-order valence-corrected chi connectivity index (χ3v) is 6.92. The maximum absolute atomic E-state index is 13.7. The molecule has 2 atom stereocenters. The van der Waals surface area contributed by atoms with Crippen LogP contribution in [0.15, 0.2) is 52.1 Å². The van der Waals surface area contributed by atoms with Crippen molar-refractivity contribution in [3.63, 3.8) is 0 Å². The predicted molar refractivity (Wildman–Crippen MR) is 142 cm³/mol. The third-order valence-electron chi connectivity index (χ3n) is 6.62. The van der Waals surface area contributed by atoms with Gasteiger partial charge in [0.15, 0.2) is 0 Å². The zero-order chi connectivity index (χ0) is 26.7. The first-order chi connectivity index (χ1) is 17.7. The third kappa shape index (κ3) is 6.22. The molecule has 9 nitrogen and oxygen atoms in total. The quantitative estimate of drug-likeness (QED) is 0.392. The molecule has 0 saturated heterocycles. The van der Waals surface area contributed by atoms with Gasteiger partial charge in [0.25, 0.3) is 0 Å². The molecule has 1 saturated carbocycles. The molecule has 0 amide bonds. The summed E-state index contributed by atoms with van der Waals surface area (Å²) < 4.78 is 13.0. The number of halogens is 1. The lowest BCUT2D eigenvalue weighted by Crippen LogP contribution is -2.46. The van der Waals surface area contributed by atoms with Gasteiger partial charge in [-0.3, -0.25) is 9.36 Å². The van der Waals surface area contributed by atoms with Crippen molar-refractivity contribution < 1.29 is 14.3 Å². The van der Waals surface area contributed by atoms with Crippen LogP contribution in [0.5, 0.6) is 5.75 Å². The van der Waals surface area contributed by atoms with Crippen LogP contribution < -0.4 is 21.4 Å². The zero-order valence-electron chi connectivity index (χ0n) is 21.4. The van der Waals surface area contributed by atoms with Crippen LogP contribution in [0.4, 0.5) is 11.6 Å². The van der Waals surface area contributed by atoms with Crippen molar-refractivity contribution in [3.05, 3.63) is 79.6 Å². The summed E-state index contributed by atoms with van der Waals surface area (Å²) in [5.74, 6) is -0.0294. The Morgan fingerprint density at radius 3 is 2.49 bits per heavy atom. The van der Waals surface area contributed by atoms with Gasteiger partial charge in [0, 0.05) is 5.69 Å². The smallest absolute Gasteiger partial charge is 0.355 e. The Labute approximate surface area is 220 Å². The van der Waals surface area contributed by atoms with Gasteiger partial charge in [-0.2, -0.15) is 4.98 Å². The highest BCUT2D eigenvalue weighted by Crippen LogP contribution is 2.33. The molecular formula is C27H31ClN4O5. The first-order valence-electron chi connectivity index (χ1n) is 12.2. The first kappa shape index (κ1) is 26.5. The van der Waals surface area contributed by atoms with Crippen molar-refractivity contribution in [1.82, 2.24) is 14.1 Å². The van der Waals surface area contributed by atoms with Crippen molar-refractivity contribution in [2.45, 2.75) is 46.2 Å². The lowest BCUT2D eigenvalue weighted by molar-refractivity contribution is -0.146. The van der Waals surface area contributed by atoms with Crippen LogP contribution in [0.1, 0.15) is 43.9 Å². The Hall–Kier alpha value is -3.59. The highest BCUT2D eigenvalue weighted by atomic mass is 35.5. The standard InChI is InChI=1S/C27H31ClN4O5/c1-16-5-7-19(8-6-16)14-31-25(29-21-11-12-23(22(28)13-21)37-15-20-9-10-20)30-26(34)32(27(31)35)18(3)17(2)24(33)36-4/h5-8,11-13,17-18,20H,9-10,14-15H2,1-4H3,(H,29,30,34)/t17-,18+/m1/s1. The van der Waals surface area contributed by atoms with E-state index in [4.69, 9.17) is 21.1 Å². The fourth-order valence-electron chi connectivity index (χ4n) is 3.89. The zero-order valence-corrected chi connectivity index (χ0v) is 22.1. The summed E-state index contributed by atoms with van der Waals surface area (Å²) in [5.41, 5.74) is 1.10. The molecule has 1 fully saturated rings. The number of aryl methyl sites for hydroxylation is 1. The second-order valence-electron chi connectivity index (χ2n) is 9.52. The van der Waals surface area contributed by atoms with Gasteiger partial charge in [-0.05, 0) is 63.3 Å². The van der Waals surface area contributed by atoms with Gasteiger partial charge in [-0.25, -0.2) is 14.2 Å². The highest BCUT2D eigenvalue weighted by Gasteiger charge is 2.27. The highest BCUT2D eigenvalue weighted by molar-refractivity contribution is 6.32. The van der Waals surface area contributed by atoms with Gasteiger partial charge in [0.1, 0.15) is 5.75 Å². The fraction of sp³-hybridized carbons (Fsp3) is 0.407. The number of carbonyl (C=O) groups is 1. The molecule has 196 valence electrons. The summed E-state index contributed by atoms with van der Waals surface area (Å²) in [6, 6.07) is 12.1. The molecule has 37 heavy (non-hydrogen) atoms. The number of hydrogen-bond acceptors (Lipinski definition) is 7. The number of methoxy groups -OCH3 is 1. The van der Waals surface area contributed by atoms with Crippen molar-refractivity contribution in [2.75, 3.05) is 19.0 Å². The summed E-state index contributed by atoms with van der Waals surface area (Å²) in [5, 5.41) is 3.48. The van der Waals surface area contributed by atoms with Crippen LogP contribution in [0.25, 0.3) is 0 Å². The van der Waals surface area contributed by atoms with E-state index in [0.717, 1.165) is 15.7 Å². The number of ether oxygens (including phenoxy) is 2. The number of anilines is 2. The summed E-state index contributed by atoms with van der Waals surface area (Å²) in [4.78, 5) is 43.0. The van der Waals surface area contributed by atoms with E-state index in [2.05, 4.69) is 10.3 Å². The maximum atomic E-state index is 13.7. The van der Waals surface area contributed by atoms with E-state index in [1.807, 2.05) is 31.2 Å². The Morgan fingerprint density at radius 2 is 1.86 bits per heavy atom. The van der Waals surface area contributed by atoms with Gasteiger partial charge in [-0.15, -0.1) is 0 Å². The monoisotopic (exact) mass is 526 g/mol. The molecule has 3 aromatic rings. The summed E-state index contributed by atoms with van der Waals surface area (Å²) >= 11 is 6.43. The van der Waals surface area contributed by atoms with E-state index in [1.165, 1.54) is 24.5 Å². The van der Waals surface area contributed by atoms with E-state index in [9.17, 15) is 14.4 Å². The van der Waals surface area contributed by atoms with Crippen LogP contribution >= 0.6 is 11.6 Å². The maximum Gasteiger partial charge on any atom is 0.355 e. The normalized spacial score (nSPS) is 14.6. The van der Waals surface area contributed by atoms with Crippen LogP contribution in [0.2, 0.25) is 5.02 Å². The first-order valence-corrected chi connectivity index (χ1v) is 12.6. The topological polar surface area (TPSA) is 104 Å². The SMILES string of the molecule is COC(=O)[C@H](C)[C@H](C)n1c(=O)nc(Nc2ccc(OCC3CC3)c(Cl)c2)n(Cc2ccc(C)cc2)c1=O. The molecule has 1 aliphatic carbocycles. The molecule has 0 aliphatic heterocycles. The van der Waals surface area contributed by atoms with E-state index in [1.54, 1.807) is 32.0 Å². The molecule has 1 aliphatic rings. The van der Waals surface area contributed by atoms with Crippen molar-refractivity contribution in [2.24, 2.45) is 11.8 Å². The Morgan fingerprint density at radius 1 is 1.16 bits per heavy atom. The molecule has 1 aromatic heterocycles. The van der Waals surface area contributed by atoms with E-state index < -0.39 is 29.3 Å². The molecule has 1 heterocycles. The van der Waals surface area contributed by atoms with Gasteiger partial charge in [0.2, 0.25) is 5.95 Å². The number of esters is 1. The summed E-state index contributed by atoms with van der Waals surface area (Å²) in [6.45, 7) is 5.99. The summed E-state index contributed by atoms with van der Waals surface area (Å²) in [6.07, 6.45) is 2.34. The molecular weight excluding hydrogens is 496 g/mol. The van der Waals surface area contributed by atoms with Crippen LogP contribution in [-0.4, -0.2) is 33.8 Å². The Balaban J connectivity index is 1.71. The average Bonchev–Trinajstić information content (AvgIpc) is 3.70. The van der Waals surface area contributed by atoms with E-state index in [-0.39, 0.29) is 12.5 Å². The fourth-order valence-corrected chi connectivity index (χ4v) is 4.13. The second kappa shape index (κ2) is 11.2. The van der Waals surface area contributed by atoms with Crippen LogP contribution in [0.3, 0.4) is 0 Å². The molecule has 0 radical (unpaired) electrons. The lowest BCUT2D eigenvalue weighted by Gasteiger charge is -2.22. The van der Waals surface area contributed by atoms with Gasteiger partial charge < -0.3 is 14.8 Å². The minimum Gasteiger partial charge on any atom is -0.492 e. The van der Waals surface area contributed by atoms with Crippen molar-refractivity contribution in [3.8, 4) is 5.75 Å². The minimum absolute atomic E-state index is 0.0625. The van der Waals surface area contributed by atoms with Crippen LogP contribution in [-0.2, 0) is 16.1 Å². The lowest BCUT2D eigenvalue weighted by atomic mass is 10.0. The number of benzene rings is 2. The molecule has 0 bridgehead atoms. The average molecular weight is 527 g/mol. The molecule has 1 N–H and O–H groups in total. The molecule has 0 unspecified atom stereocenters. The number of hydrogen-bond donors (Lipinski definition) is 1. The predicted octanol–water partition coefficient (Wildman–Crippen LogP) is 4.32. The van der Waals surface area contributed by atoms with E-state index in [0.29, 0.717) is 29.0 Å². The molecule has 10 heteroatoms. The minimum atomic E-state index is -0.772. The largest absolute Gasteiger partial charge is 0.492 e. The van der Waals surface area contributed by atoms with Crippen molar-refractivity contribution >= 4 is 29.2 Å². The molecule has 0 spiro atoms. The number of nitrogens with one attached hydrogen (secondary N) is 1. The van der Waals surface area contributed by atoms with Gasteiger partial charge in [0.05, 0.1) is 37.2 Å². The molecule has 4 rings (SSSR count). The molecule has 2 aromatic carbocycles. The summed E-state index contributed by atoms with van der Waals surface area (Å²) in [7, 11) is 1.27. The van der Waals surface area contributed by atoms with Crippen molar-refractivity contribution in [1.29, 1.82) is 0 Å². The van der Waals surface area contributed by atoms with Crippen LogP contribution in [0, 0.1) is 18.8 Å². The number of rotatable bonds is 10. The second-order valence-corrected chi connectivity index (χ2v) is 9.93. The Kier molecular flexibility index (Phi) is 8.02. The Bertz CT molecular complexity index is 1400. The number of carbonyl (C=O) groups excluding carboxylic acids is 1. The number of aromatic nitrogens is 3. The van der Waals surface area contributed by atoms with E-state index >= 15 is 0 Å². The van der Waals surface area contributed by atoms with Gasteiger partial charge >= 0.3 is 17.3 Å².